The standard InChI is InChI=1S/C14H24N2/c1-11(2)15-7-5-14-10-16(12(3)4)8-6-13(14)9-15/h5-6,11-12H,7-10H2,1-4H3. The summed E-state index contributed by atoms with van der Waals surface area (Å²) in [7, 11) is 0. The molecule has 0 saturated carbocycles. The first-order valence-electron chi connectivity index (χ1n) is 6.44. The van der Waals surface area contributed by atoms with Crippen molar-refractivity contribution in [2.75, 3.05) is 26.2 Å². The molecule has 0 saturated heterocycles. The van der Waals surface area contributed by atoms with E-state index in [1.165, 1.54) is 0 Å². The minimum atomic E-state index is 0.654. The van der Waals surface area contributed by atoms with Crippen LogP contribution >= 0.6 is 0 Å². The van der Waals surface area contributed by atoms with E-state index in [4.69, 9.17) is 0 Å². The van der Waals surface area contributed by atoms with Gasteiger partial charge in [-0.3, -0.25) is 9.80 Å². The number of fused-ring (bicyclic) bond motifs is 1. The van der Waals surface area contributed by atoms with Crippen molar-refractivity contribution in [2.24, 2.45) is 0 Å². The first kappa shape index (κ1) is 11.9. The van der Waals surface area contributed by atoms with E-state index < -0.39 is 0 Å². The Kier molecular flexibility index (Phi) is 3.50. The lowest BCUT2D eigenvalue weighted by Crippen LogP contribution is -2.42. The Labute approximate surface area is 99.6 Å². The van der Waals surface area contributed by atoms with Gasteiger partial charge in [-0.1, -0.05) is 12.2 Å². The Balaban J connectivity index is 2.08. The second-order valence-electron chi connectivity index (χ2n) is 5.51. The molecule has 0 aromatic heterocycles. The highest BCUT2D eigenvalue weighted by Gasteiger charge is 2.23. The van der Waals surface area contributed by atoms with Crippen molar-refractivity contribution in [3.8, 4) is 0 Å². The quantitative estimate of drug-likeness (QED) is 0.704. The van der Waals surface area contributed by atoms with E-state index in [0.717, 1.165) is 26.2 Å². The monoisotopic (exact) mass is 220 g/mol. The van der Waals surface area contributed by atoms with Crippen LogP contribution in [-0.4, -0.2) is 48.1 Å². The van der Waals surface area contributed by atoms with Crippen molar-refractivity contribution in [1.82, 2.24) is 9.80 Å². The van der Waals surface area contributed by atoms with E-state index in [1.807, 2.05) is 0 Å². The van der Waals surface area contributed by atoms with Gasteiger partial charge in [-0.25, -0.2) is 0 Å². The third-order valence-corrected chi connectivity index (χ3v) is 3.76. The minimum absolute atomic E-state index is 0.654. The van der Waals surface area contributed by atoms with Crippen molar-refractivity contribution >= 4 is 0 Å². The van der Waals surface area contributed by atoms with Gasteiger partial charge in [-0.2, -0.15) is 0 Å². The molecule has 0 atom stereocenters. The third-order valence-electron chi connectivity index (χ3n) is 3.76. The van der Waals surface area contributed by atoms with Crippen LogP contribution in [0.15, 0.2) is 23.3 Å². The predicted octanol–water partition coefficient (Wildman–Crippen LogP) is 2.29. The van der Waals surface area contributed by atoms with Gasteiger partial charge in [0.05, 0.1) is 0 Å². The SMILES string of the molecule is CC(C)N1CC=C2CN(C(C)C)CC=C2C1. The zero-order valence-electron chi connectivity index (χ0n) is 11.0. The van der Waals surface area contributed by atoms with Crippen LogP contribution in [-0.2, 0) is 0 Å². The Hall–Kier alpha value is -0.600. The van der Waals surface area contributed by atoms with Gasteiger partial charge in [0.15, 0.2) is 0 Å². The number of nitrogens with zero attached hydrogens (tertiary/aromatic N) is 2. The van der Waals surface area contributed by atoms with Gasteiger partial charge in [0.1, 0.15) is 0 Å². The Morgan fingerprint density at radius 2 is 1.19 bits per heavy atom. The van der Waals surface area contributed by atoms with E-state index >= 15 is 0 Å². The smallest absolute Gasteiger partial charge is 0.0240 e. The van der Waals surface area contributed by atoms with Crippen LogP contribution in [0.5, 0.6) is 0 Å². The van der Waals surface area contributed by atoms with Crippen molar-refractivity contribution in [3.63, 3.8) is 0 Å². The zero-order valence-corrected chi connectivity index (χ0v) is 11.0. The summed E-state index contributed by atoms with van der Waals surface area (Å²) in [6, 6.07) is 1.31. The summed E-state index contributed by atoms with van der Waals surface area (Å²) in [6.07, 6.45) is 4.84. The van der Waals surface area contributed by atoms with Crippen molar-refractivity contribution in [1.29, 1.82) is 0 Å². The van der Waals surface area contributed by atoms with Crippen LogP contribution in [0.3, 0.4) is 0 Å². The van der Waals surface area contributed by atoms with E-state index in [-0.39, 0.29) is 0 Å². The summed E-state index contributed by atoms with van der Waals surface area (Å²) in [6.45, 7) is 13.7. The fraction of sp³-hybridized carbons (Fsp3) is 0.714. The molecular formula is C14H24N2. The van der Waals surface area contributed by atoms with Gasteiger partial charge < -0.3 is 0 Å². The molecule has 2 heterocycles. The molecule has 2 rings (SSSR count). The molecule has 0 unspecified atom stereocenters. The Bertz CT molecular complexity index is 281. The fourth-order valence-electron chi connectivity index (χ4n) is 2.40. The van der Waals surface area contributed by atoms with Crippen LogP contribution in [0.4, 0.5) is 0 Å². The molecule has 0 bridgehead atoms. The van der Waals surface area contributed by atoms with Crippen molar-refractivity contribution < 1.29 is 0 Å². The molecule has 0 aromatic rings. The van der Waals surface area contributed by atoms with E-state index in [0.29, 0.717) is 12.1 Å². The first-order valence-corrected chi connectivity index (χ1v) is 6.44. The maximum atomic E-state index is 2.53. The molecule has 0 aromatic carbocycles. The van der Waals surface area contributed by atoms with E-state index in [1.54, 1.807) is 11.1 Å². The van der Waals surface area contributed by atoms with Gasteiger partial charge in [0, 0.05) is 38.3 Å². The second kappa shape index (κ2) is 4.72. The highest BCUT2D eigenvalue weighted by molar-refractivity contribution is 5.38. The van der Waals surface area contributed by atoms with Crippen molar-refractivity contribution in [3.05, 3.63) is 23.3 Å². The minimum Gasteiger partial charge on any atom is -0.293 e. The number of hydrogen-bond donors (Lipinski definition) is 0. The molecule has 2 aliphatic heterocycles. The first-order chi connectivity index (χ1) is 7.58. The van der Waals surface area contributed by atoms with Gasteiger partial charge in [0.25, 0.3) is 0 Å². The van der Waals surface area contributed by atoms with Gasteiger partial charge in [-0.05, 0) is 38.8 Å². The lowest BCUT2D eigenvalue weighted by atomic mass is 9.96. The van der Waals surface area contributed by atoms with Crippen LogP contribution in [0.1, 0.15) is 27.7 Å². The summed E-state index contributed by atoms with van der Waals surface area (Å²) in [5, 5.41) is 0. The summed E-state index contributed by atoms with van der Waals surface area (Å²) in [5.74, 6) is 0. The lowest BCUT2D eigenvalue weighted by molar-refractivity contribution is 0.232. The summed E-state index contributed by atoms with van der Waals surface area (Å²) < 4.78 is 0. The van der Waals surface area contributed by atoms with Crippen LogP contribution in [0.25, 0.3) is 0 Å². The largest absolute Gasteiger partial charge is 0.293 e. The molecule has 16 heavy (non-hydrogen) atoms. The average Bonchev–Trinajstić information content (AvgIpc) is 2.27. The predicted molar refractivity (Wildman–Crippen MR) is 69.6 cm³/mol. The molecule has 0 N–H and O–H groups in total. The molecule has 0 fully saturated rings. The highest BCUT2D eigenvalue weighted by atomic mass is 15.2. The topological polar surface area (TPSA) is 6.48 Å². The third kappa shape index (κ3) is 2.38. The zero-order chi connectivity index (χ0) is 11.7. The van der Waals surface area contributed by atoms with Crippen LogP contribution in [0, 0.1) is 0 Å². The summed E-state index contributed by atoms with van der Waals surface area (Å²) in [4.78, 5) is 5.06. The number of hydrogen-bond acceptors (Lipinski definition) is 2. The Morgan fingerprint density at radius 3 is 1.50 bits per heavy atom. The second-order valence-corrected chi connectivity index (χ2v) is 5.51. The molecule has 0 aliphatic carbocycles. The molecule has 90 valence electrons. The maximum absolute atomic E-state index is 2.53. The average molecular weight is 220 g/mol. The molecular weight excluding hydrogens is 196 g/mol. The normalized spacial score (nSPS) is 23.4. The van der Waals surface area contributed by atoms with Gasteiger partial charge in [0.2, 0.25) is 0 Å². The summed E-state index contributed by atoms with van der Waals surface area (Å²) >= 11 is 0. The fourth-order valence-corrected chi connectivity index (χ4v) is 2.40. The maximum Gasteiger partial charge on any atom is 0.0240 e. The molecule has 0 amide bonds. The van der Waals surface area contributed by atoms with E-state index in [9.17, 15) is 0 Å². The Morgan fingerprint density at radius 1 is 0.812 bits per heavy atom. The highest BCUT2D eigenvalue weighted by Crippen LogP contribution is 2.24. The number of rotatable bonds is 2. The van der Waals surface area contributed by atoms with E-state index in [2.05, 4.69) is 49.6 Å². The molecule has 2 heteroatoms. The molecule has 0 radical (unpaired) electrons. The molecule has 2 aliphatic rings. The van der Waals surface area contributed by atoms with Gasteiger partial charge in [-0.15, -0.1) is 0 Å². The molecule has 2 nitrogen and oxygen atoms in total. The van der Waals surface area contributed by atoms with Crippen LogP contribution < -0.4 is 0 Å². The van der Waals surface area contributed by atoms with Crippen LogP contribution in [0.2, 0.25) is 0 Å². The summed E-state index contributed by atoms with van der Waals surface area (Å²) in [5.41, 5.74) is 3.13. The lowest BCUT2D eigenvalue weighted by Gasteiger charge is -2.37. The van der Waals surface area contributed by atoms with Gasteiger partial charge >= 0.3 is 0 Å². The molecule has 0 spiro atoms. The van der Waals surface area contributed by atoms with Crippen molar-refractivity contribution in [2.45, 2.75) is 39.8 Å².